The van der Waals surface area contributed by atoms with E-state index in [-0.39, 0.29) is 0 Å². The van der Waals surface area contributed by atoms with Gasteiger partial charge in [0.05, 0.1) is 22.0 Å². The highest BCUT2D eigenvalue weighted by atomic mass is 35.5. The Morgan fingerprint density at radius 3 is 2.64 bits per heavy atom. The van der Waals surface area contributed by atoms with Gasteiger partial charge in [0.1, 0.15) is 6.33 Å². The molecule has 0 atom stereocenters. The van der Waals surface area contributed by atoms with Crippen molar-refractivity contribution in [3.8, 4) is 17.1 Å². The Bertz CT molecular complexity index is 1140. The second-order valence-corrected chi connectivity index (χ2v) is 8.02. The molecule has 0 aliphatic carbocycles. The van der Waals surface area contributed by atoms with Crippen molar-refractivity contribution in [3.05, 3.63) is 69.2 Å². The highest BCUT2D eigenvalue weighted by Crippen LogP contribution is 2.31. The molecule has 4 aromatic rings. The van der Waals surface area contributed by atoms with Crippen LogP contribution in [-0.2, 0) is 5.75 Å². The molecule has 2 heterocycles. The summed E-state index contributed by atoms with van der Waals surface area (Å²) >= 11 is 19.8. The molecule has 28 heavy (non-hydrogen) atoms. The second kappa shape index (κ2) is 8.13. The van der Waals surface area contributed by atoms with Crippen LogP contribution < -0.4 is 0 Å². The summed E-state index contributed by atoms with van der Waals surface area (Å²) in [5.41, 5.74) is 2.52. The van der Waals surface area contributed by atoms with Crippen LogP contribution in [0, 0.1) is 6.92 Å². The molecule has 0 aliphatic heterocycles. The molecule has 0 spiro atoms. The number of benzene rings is 2. The van der Waals surface area contributed by atoms with Crippen LogP contribution in [0.1, 0.15) is 11.5 Å². The molecule has 0 N–H and O–H groups in total. The van der Waals surface area contributed by atoms with Gasteiger partial charge in [0.15, 0.2) is 5.16 Å². The normalized spacial score (nSPS) is 11.1. The number of thioether (sulfide) groups is 1. The van der Waals surface area contributed by atoms with Gasteiger partial charge in [-0.3, -0.25) is 4.57 Å². The molecular weight excluding hydrogens is 441 g/mol. The van der Waals surface area contributed by atoms with Gasteiger partial charge in [-0.1, -0.05) is 52.6 Å². The van der Waals surface area contributed by atoms with E-state index >= 15 is 0 Å². The average Bonchev–Trinajstić information content (AvgIpc) is 3.31. The van der Waals surface area contributed by atoms with Gasteiger partial charge < -0.3 is 4.42 Å². The first-order valence-corrected chi connectivity index (χ1v) is 10.2. The molecule has 2 aromatic heterocycles. The summed E-state index contributed by atoms with van der Waals surface area (Å²) in [6.45, 7) is 1.95. The van der Waals surface area contributed by atoms with Gasteiger partial charge in [0, 0.05) is 10.0 Å². The zero-order valence-corrected chi connectivity index (χ0v) is 17.5. The molecule has 0 amide bonds. The van der Waals surface area contributed by atoms with Gasteiger partial charge in [-0.25, -0.2) is 0 Å². The van der Waals surface area contributed by atoms with Gasteiger partial charge in [-0.2, -0.15) is 0 Å². The predicted octanol–water partition coefficient (Wildman–Crippen LogP) is 5.88. The van der Waals surface area contributed by atoms with E-state index in [4.69, 9.17) is 39.2 Å². The van der Waals surface area contributed by atoms with Gasteiger partial charge in [0.2, 0.25) is 11.8 Å². The van der Waals surface area contributed by atoms with Gasteiger partial charge in [-0.15, -0.1) is 20.4 Å². The van der Waals surface area contributed by atoms with E-state index in [9.17, 15) is 0 Å². The molecule has 0 saturated carbocycles. The SMILES string of the molecule is Cc1ccc(-n2cnnc2SCc2nnc(-c3ccc(Cl)cc3Cl)o2)cc1Cl. The van der Waals surface area contributed by atoms with Gasteiger partial charge in [0.25, 0.3) is 0 Å². The highest BCUT2D eigenvalue weighted by molar-refractivity contribution is 7.98. The Morgan fingerprint density at radius 2 is 1.86 bits per heavy atom. The van der Waals surface area contributed by atoms with Crippen molar-refractivity contribution in [3.63, 3.8) is 0 Å². The van der Waals surface area contributed by atoms with Crippen LogP contribution in [0.15, 0.2) is 52.3 Å². The Hall–Kier alpha value is -2.06. The number of hydrogen-bond acceptors (Lipinski definition) is 6. The number of rotatable bonds is 5. The molecule has 0 saturated heterocycles. The number of halogens is 3. The largest absolute Gasteiger partial charge is 0.420 e. The summed E-state index contributed by atoms with van der Waals surface area (Å²) < 4.78 is 7.57. The van der Waals surface area contributed by atoms with E-state index in [0.29, 0.717) is 43.3 Å². The third kappa shape index (κ3) is 4.03. The maximum absolute atomic E-state index is 6.23. The Labute approximate surface area is 179 Å². The van der Waals surface area contributed by atoms with E-state index in [1.54, 1.807) is 24.5 Å². The summed E-state index contributed by atoms with van der Waals surface area (Å²) in [7, 11) is 0. The summed E-state index contributed by atoms with van der Waals surface area (Å²) in [6.07, 6.45) is 1.63. The minimum atomic E-state index is 0.337. The lowest BCUT2D eigenvalue weighted by molar-refractivity contribution is 0.528. The van der Waals surface area contributed by atoms with Crippen LogP contribution in [0.2, 0.25) is 15.1 Å². The molecule has 6 nitrogen and oxygen atoms in total. The first-order valence-electron chi connectivity index (χ1n) is 8.08. The number of nitrogens with zero attached hydrogens (tertiary/aromatic N) is 5. The van der Waals surface area contributed by atoms with Gasteiger partial charge >= 0.3 is 0 Å². The lowest BCUT2D eigenvalue weighted by Gasteiger charge is -2.07. The van der Waals surface area contributed by atoms with Crippen molar-refractivity contribution in [1.29, 1.82) is 0 Å². The molecular formula is C18H12Cl3N5OS. The van der Waals surface area contributed by atoms with Crippen LogP contribution in [0.25, 0.3) is 17.1 Å². The molecule has 10 heteroatoms. The van der Waals surface area contributed by atoms with E-state index < -0.39 is 0 Å². The topological polar surface area (TPSA) is 69.6 Å². The molecule has 4 rings (SSSR count). The Balaban J connectivity index is 1.51. The van der Waals surface area contributed by atoms with Crippen LogP contribution in [0.4, 0.5) is 0 Å². The predicted molar refractivity (Wildman–Crippen MR) is 110 cm³/mol. The zero-order valence-electron chi connectivity index (χ0n) is 14.4. The number of aromatic nitrogens is 5. The average molecular weight is 453 g/mol. The van der Waals surface area contributed by atoms with E-state index in [2.05, 4.69) is 20.4 Å². The first-order chi connectivity index (χ1) is 13.5. The molecule has 0 unspecified atom stereocenters. The minimum Gasteiger partial charge on any atom is -0.420 e. The van der Waals surface area contributed by atoms with Crippen molar-refractivity contribution >= 4 is 46.6 Å². The second-order valence-electron chi connectivity index (χ2n) is 5.83. The van der Waals surface area contributed by atoms with Crippen molar-refractivity contribution in [1.82, 2.24) is 25.0 Å². The maximum Gasteiger partial charge on any atom is 0.249 e. The molecule has 0 fully saturated rings. The third-order valence-corrected chi connectivity index (χ3v) is 5.79. The third-order valence-electron chi connectivity index (χ3n) is 3.90. The van der Waals surface area contributed by atoms with E-state index in [1.807, 2.05) is 29.7 Å². The summed E-state index contributed by atoms with van der Waals surface area (Å²) in [6, 6.07) is 10.9. The van der Waals surface area contributed by atoms with Crippen LogP contribution in [-0.4, -0.2) is 25.0 Å². The fourth-order valence-electron chi connectivity index (χ4n) is 2.44. The minimum absolute atomic E-state index is 0.337. The Morgan fingerprint density at radius 1 is 1.00 bits per heavy atom. The summed E-state index contributed by atoms with van der Waals surface area (Å²) in [5, 5.41) is 18.6. The molecule has 0 aliphatic rings. The monoisotopic (exact) mass is 451 g/mol. The van der Waals surface area contributed by atoms with Gasteiger partial charge in [-0.05, 0) is 42.8 Å². The smallest absolute Gasteiger partial charge is 0.249 e. The van der Waals surface area contributed by atoms with Crippen molar-refractivity contribution in [2.45, 2.75) is 17.8 Å². The summed E-state index contributed by atoms with van der Waals surface area (Å²) in [4.78, 5) is 0. The van der Waals surface area contributed by atoms with Crippen LogP contribution >= 0.6 is 46.6 Å². The fraction of sp³-hybridized carbons (Fsp3) is 0.111. The van der Waals surface area contributed by atoms with Crippen LogP contribution in [0.5, 0.6) is 0 Å². The molecule has 2 aromatic carbocycles. The van der Waals surface area contributed by atoms with E-state index in [1.165, 1.54) is 11.8 Å². The van der Waals surface area contributed by atoms with Crippen molar-refractivity contribution in [2.75, 3.05) is 0 Å². The Kier molecular flexibility index (Phi) is 5.59. The van der Waals surface area contributed by atoms with Crippen LogP contribution in [0.3, 0.4) is 0 Å². The molecule has 0 bridgehead atoms. The molecule has 0 radical (unpaired) electrons. The fourth-order valence-corrected chi connectivity index (χ4v) is 3.87. The quantitative estimate of drug-likeness (QED) is 0.352. The lowest BCUT2D eigenvalue weighted by atomic mass is 10.2. The standard InChI is InChI=1S/C18H12Cl3N5OS/c1-10-2-4-12(7-14(10)20)26-9-22-25-18(26)28-8-16-23-24-17(27-16)13-5-3-11(19)6-15(13)21/h2-7,9H,8H2,1H3. The maximum atomic E-state index is 6.23. The zero-order chi connectivity index (χ0) is 19.7. The highest BCUT2D eigenvalue weighted by Gasteiger charge is 2.15. The van der Waals surface area contributed by atoms with E-state index in [0.717, 1.165) is 11.3 Å². The van der Waals surface area contributed by atoms with Crippen molar-refractivity contribution in [2.24, 2.45) is 0 Å². The first kappa shape index (κ1) is 19.3. The van der Waals surface area contributed by atoms with Crippen molar-refractivity contribution < 1.29 is 4.42 Å². The number of aryl methyl sites for hydroxylation is 1. The number of hydrogen-bond donors (Lipinski definition) is 0. The lowest BCUT2D eigenvalue weighted by Crippen LogP contribution is -1.96. The summed E-state index contributed by atoms with van der Waals surface area (Å²) in [5.74, 6) is 1.21. The molecule has 142 valence electrons.